The van der Waals surface area contributed by atoms with Crippen molar-refractivity contribution < 1.29 is 9.53 Å². The van der Waals surface area contributed by atoms with Gasteiger partial charge in [-0.3, -0.25) is 0 Å². The fourth-order valence-corrected chi connectivity index (χ4v) is 2.60. The maximum absolute atomic E-state index is 11.7. The van der Waals surface area contributed by atoms with Crippen LogP contribution in [0.2, 0.25) is 0 Å². The van der Waals surface area contributed by atoms with E-state index in [0.717, 1.165) is 17.7 Å². The van der Waals surface area contributed by atoms with E-state index in [1.54, 1.807) is 11.8 Å². The summed E-state index contributed by atoms with van der Waals surface area (Å²) in [5, 5.41) is 2.93. The second kappa shape index (κ2) is 6.69. The summed E-state index contributed by atoms with van der Waals surface area (Å²) in [5.74, 6) is 0.598. The molecule has 1 amide bonds. The molecule has 2 rings (SSSR count). The van der Waals surface area contributed by atoms with Gasteiger partial charge in [0.05, 0.1) is 0 Å². The van der Waals surface area contributed by atoms with Gasteiger partial charge in [-0.2, -0.15) is 0 Å². The van der Waals surface area contributed by atoms with E-state index in [-0.39, 0.29) is 12.1 Å². The first-order valence-electron chi connectivity index (χ1n) is 6.40. The van der Waals surface area contributed by atoms with E-state index in [1.807, 2.05) is 30.5 Å². The van der Waals surface area contributed by atoms with Crippen molar-refractivity contribution in [2.24, 2.45) is 0 Å². The van der Waals surface area contributed by atoms with Crippen molar-refractivity contribution in [3.8, 4) is 5.75 Å². The third kappa shape index (κ3) is 3.95. The second-order valence-corrected chi connectivity index (χ2v) is 5.42. The van der Waals surface area contributed by atoms with Crippen LogP contribution in [-0.4, -0.2) is 18.4 Å². The molecule has 3 nitrogen and oxygen atoms in total. The molecule has 1 aliphatic rings. The molecule has 0 aliphatic heterocycles. The quantitative estimate of drug-likeness (QED) is 0.844. The fourth-order valence-electron chi connectivity index (χ4n) is 2.19. The van der Waals surface area contributed by atoms with Gasteiger partial charge in [-0.25, -0.2) is 4.79 Å². The predicted octanol–water partition coefficient (Wildman–Crippen LogP) is 3.83. The first-order valence-corrected chi connectivity index (χ1v) is 7.63. The van der Waals surface area contributed by atoms with E-state index in [2.05, 4.69) is 5.32 Å². The molecule has 0 spiro atoms. The van der Waals surface area contributed by atoms with E-state index in [9.17, 15) is 4.79 Å². The normalized spacial score (nSPS) is 16.3. The standard InChI is InChI=1S/C14H19NO2S/c1-18-13-9-7-12(8-10-13)17-14(16)15-11-5-3-2-4-6-11/h7-11H,2-6H2,1H3,(H,15,16). The first kappa shape index (κ1) is 13.3. The van der Waals surface area contributed by atoms with Gasteiger partial charge in [0.25, 0.3) is 0 Å². The van der Waals surface area contributed by atoms with Crippen LogP contribution in [-0.2, 0) is 0 Å². The van der Waals surface area contributed by atoms with E-state index in [4.69, 9.17) is 4.74 Å². The number of rotatable bonds is 3. The molecule has 4 heteroatoms. The highest BCUT2D eigenvalue weighted by molar-refractivity contribution is 7.98. The average Bonchev–Trinajstić information content (AvgIpc) is 2.40. The van der Waals surface area contributed by atoms with Crippen LogP contribution in [0, 0.1) is 0 Å². The van der Waals surface area contributed by atoms with Gasteiger partial charge < -0.3 is 10.1 Å². The SMILES string of the molecule is CSc1ccc(OC(=O)NC2CCCCC2)cc1. The third-order valence-corrected chi connectivity index (χ3v) is 3.94. The zero-order valence-electron chi connectivity index (χ0n) is 10.6. The lowest BCUT2D eigenvalue weighted by Gasteiger charge is -2.22. The Morgan fingerprint density at radius 1 is 1.22 bits per heavy atom. The summed E-state index contributed by atoms with van der Waals surface area (Å²) in [5.41, 5.74) is 0. The van der Waals surface area contributed by atoms with Gasteiger partial charge in [0.1, 0.15) is 5.75 Å². The molecule has 98 valence electrons. The van der Waals surface area contributed by atoms with E-state index in [0.29, 0.717) is 5.75 Å². The largest absolute Gasteiger partial charge is 0.412 e. The summed E-state index contributed by atoms with van der Waals surface area (Å²) in [6.07, 6.45) is 7.51. The van der Waals surface area contributed by atoms with Crippen molar-refractivity contribution in [1.29, 1.82) is 0 Å². The maximum Gasteiger partial charge on any atom is 0.412 e. The highest BCUT2D eigenvalue weighted by atomic mass is 32.2. The molecule has 1 N–H and O–H groups in total. The minimum atomic E-state index is -0.334. The van der Waals surface area contributed by atoms with Crippen molar-refractivity contribution in [3.05, 3.63) is 24.3 Å². The van der Waals surface area contributed by atoms with E-state index < -0.39 is 0 Å². The van der Waals surface area contributed by atoms with Crippen LogP contribution >= 0.6 is 11.8 Å². The third-order valence-electron chi connectivity index (χ3n) is 3.20. The highest BCUT2D eigenvalue weighted by Gasteiger charge is 2.16. The Kier molecular flexibility index (Phi) is 4.93. The van der Waals surface area contributed by atoms with Gasteiger partial charge in [-0.1, -0.05) is 19.3 Å². The molecule has 1 aromatic carbocycles. The van der Waals surface area contributed by atoms with Gasteiger partial charge in [0, 0.05) is 10.9 Å². The molecule has 1 fully saturated rings. The number of benzene rings is 1. The lowest BCUT2D eigenvalue weighted by Crippen LogP contribution is -2.37. The highest BCUT2D eigenvalue weighted by Crippen LogP contribution is 2.20. The minimum Gasteiger partial charge on any atom is -0.410 e. The van der Waals surface area contributed by atoms with Crippen LogP contribution in [0.15, 0.2) is 29.2 Å². The fraction of sp³-hybridized carbons (Fsp3) is 0.500. The minimum absolute atomic E-state index is 0.289. The van der Waals surface area contributed by atoms with Crippen molar-refractivity contribution in [2.75, 3.05) is 6.26 Å². The number of thioether (sulfide) groups is 1. The molecule has 0 bridgehead atoms. The van der Waals surface area contributed by atoms with Crippen molar-refractivity contribution >= 4 is 17.9 Å². The van der Waals surface area contributed by atoms with Gasteiger partial charge in [0.2, 0.25) is 0 Å². The van der Waals surface area contributed by atoms with Crippen molar-refractivity contribution in [2.45, 2.75) is 43.0 Å². The number of carbonyl (C=O) groups excluding carboxylic acids is 1. The van der Waals surface area contributed by atoms with Crippen LogP contribution in [0.5, 0.6) is 5.75 Å². The second-order valence-electron chi connectivity index (χ2n) is 4.54. The van der Waals surface area contributed by atoms with Gasteiger partial charge >= 0.3 is 6.09 Å². The Morgan fingerprint density at radius 2 is 1.89 bits per heavy atom. The van der Waals surface area contributed by atoms with Crippen LogP contribution in [0.3, 0.4) is 0 Å². The molecule has 1 saturated carbocycles. The molecular weight excluding hydrogens is 246 g/mol. The molecular formula is C14H19NO2S. The first-order chi connectivity index (χ1) is 8.78. The van der Waals surface area contributed by atoms with E-state index in [1.165, 1.54) is 19.3 Å². The maximum atomic E-state index is 11.7. The van der Waals surface area contributed by atoms with Gasteiger partial charge in [-0.05, 0) is 43.4 Å². The summed E-state index contributed by atoms with van der Waals surface area (Å²) in [6.45, 7) is 0. The Labute approximate surface area is 112 Å². The monoisotopic (exact) mass is 265 g/mol. The number of amides is 1. The molecule has 1 aromatic rings. The summed E-state index contributed by atoms with van der Waals surface area (Å²) in [7, 11) is 0. The number of carbonyl (C=O) groups is 1. The van der Waals surface area contributed by atoms with Crippen LogP contribution in [0.1, 0.15) is 32.1 Å². The topological polar surface area (TPSA) is 38.3 Å². The number of hydrogen-bond donors (Lipinski definition) is 1. The van der Waals surface area contributed by atoms with Gasteiger partial charge in [-0.15, -0.1) is 11.8 Å². The Balaban J connectivity index is 1.82. The Bertz CT molecular complexity index is 385. The Morgan fingerprint density at radius 3 is 2.50 bits per heavy atom. The molecule has 0 atom stereocenters. The zero-order valence-corrected chi connectivity index (χ0v) is 11.5. The summed E-state index contributed by atoms with van der Waals surface area (Å²) >= 11 is 1.67. The summed E-state index contributed by atoms with van der Waals surface area (Å²) in [4.78, 5) is 12.9. The van der Waals surface area contributed by atoms with Crippen LogP contribution in [0.25, 0.3) is 0 Å². The Hall–Kier alpha value is -1.16. The summed E-state index contributed by atoms with van der Waals surface area (Å²) < 4.78 is 5.26. The van der Waals surface area contributed by atoms with Crippen LogP contribution < -0.4 is 10.1 Å². The average molecular weight is 265 g/mol. The molecule has 0 radical (unpaired) electrons. The van der Waals surface area contributed by atoms with Crippen molar-refractivity contribution in [3.63, 3.8) is 0 Å². The van der Waals surface area contributed by atoms with Crippen molar-refractivity contribution in [1.82, 2.24) is 5.32 Å². The molecule has 0 unspecified atom stereocenters. The number of nitrogens with one attached hydrogen (secondary N) is 1. The zero-order chi connectivity index (χ0) is 12.8. The smallest absolute Gasteiger partial charge is 0.410 e. The number of hydrogen-bond acceptors (Lipinski definition) is 3. The lowest BCUT2D eigenvalue weighted by atomic mass is 9.96. The molecule has 1 aliphatic carbocycles. The van der Waals surface area contributed by atoms with Crippen LogP contribution in [0.4, 0.5) is 4.79 Å². The van der Waals surface area contributed by atoms with Gasteiger partial charge in [0.15, 0.2) is 0 Å². The summed E-state index contributed by atoms with van der Waals surface area (Å²) in [6, 6.07) is 7.84. The number of ether oxygens (including phenoxy) is 1. The molecule has 0 heterocycles. The lowest BCUT2D eigenvalue weighted by molar-refractivity contribution is 0.192. The molecule has 0 aromatic heterocycles. The predicted molar refractivity (Wildman–Crippen MR) is 74.3 cm³/mol. The van der Waals surface area contributed by atoms with E-state index >= 15 is 0 Å². The molecule has 0 saturated heterocycles. The molecule has 18 heavy (non-hydrogen) atoms.